The van der Waals surface area contributed by atoms with Crippen LogP contribution in [-0.4, -0.2) is 51.8 Å². The third-order valence-electron chi connectivity index (χ3n) is 4.76. The maximum Gasteiger partial charge on any atom is 0.260 e. The zero-order valence-electron chi connectivity index (χ0n) is 18.1. The minimum atomic E-state index is -0.0534. The lowest BCUT2D eigenvalue weighted by Gasteiger charge is -2.21. The number of thiazole rings is 1. The summed E-state index contributed by atoms with van der Waals surface area (Å²) in [5.41, 5.74) is 1.47. The molecule has 30 heavy (non-hydrogen) atoms. The molecule has 0 saturated carbocycles. The number of ether oxygens (including phenoxy) is 2. The Morgan fingerprint density at radius 1 is 1.13 bits per heavy atom. The van der Waals surface area contributed by atoms with E-state index in [0.717, 1.165) is 41.1 Å². The molecule has 0 unspecified atom stereocenters. The number of quaternary nitrogens is 1. The topological polar surface area (TPSA) is 56.1 Å². The number of hydrogen-bond donors (Lipinski definition) is 1. The molecule has 160 valence electrons. The minimum absolute atomic E-state index is 0.0534. The fourth-order valence-corrected chi connectivity index (χ4v) is 3.91. The van der Waals surface area contributed by atoms with E-state index in [1.807, 2.05) is 42.5 Å². The Labute approximate surface area is 182 Å². The van der Waals surface area contributed by atoms with Crippen molar-refractivity contribution in [2.75, 3.05) is 45.8 Å². The highest BCUT2D eigenvalue weighted by atomic mass is 32.1. The Morgan fingerprint density at radius 2 is 1.87 bits per heavy atom. The van der Waals surface area contributed by atoms with E-state index in [1.165, 1.54) is 16.2 Å². The predicted octanol–water partition coefficient (Wildman–Crippen LogP) is 3.28. The maximum absolute atomic E-state index is 13.3. The Hall–Kier alpha value is -2.64. The van der Waals surface area contributed by atoms with Gasteiger partial charge in [-0.3, -0.25) is 9.69 Å². The van der Waals surface area contributed by atoms with Crippen molar-refractivity contribution in [2.45, 2.75) is 19.8 Å². The Kier molecular flexibility index (Phi) is 7.65. The third-order valence-corrected chi connectivity index (χ3v) is 5.82. The van der Waals surface area contributed by atoms with E-state index in [-0.39, 0.29) is 5.91 Å². The molecule has 1 N–H and O–H groups in total. The summed E-state index contributed by atoms with van der Waals surface area (Å²) in [6.07, 6.45) is 2.11. The molecule has 1 heterocycles. The zero-order valence-corrected chi connectivity index (χ0v) is 18.9. The molecule has 0 spiro atoms. The summed E-state index contributed by atoms with van der Waals surface area (Å²) in [6, 6.07) is 13.2. The van der Waals surface area contributed by atoms with Crippen LogP contribution >= 0.6 is 11.3 Å². The summed E-state index contributed by atoms with van der Waals surface area (Å²) in [4.78, 5) is 21.1. The van der Waals surface area contributed by atoms with Gasteiger partial charge in [-0.2, -0.15) is 0 Å². The van der Waals surface area contributed by atoms with Crippen LogP contribution in [0.3, 0.4) is 0 Å². The van der Waals surface area contributed by atoms with E-state index >= 15 is 0 Å². The number of fused-ring (bicyclic) bond motifs is 1. The summed E-state index contributed by atoms with van der Waals surface area (Å²) in [5.74, 6) is 1.49. The standard InChI is InChI=1S/C23H29N3O3S/c1-5-6-15-29-18-9-7-17(8-10-18)22(27)26(14-13-25(2)3)23-24-20-16-19(28-4)11-12-21(20)30-23/h7-12,16H,5-6,13-15H2,1-4H3/p+1. The quantitative estimate of drug-likeness (QED) is 0.504. The smallest absolute Gasteiger partial charge is 0.260 e. The molecule has 7 heteroatoms. The van der Waals surface area contributed by atoms with Gasteiger partial charge >= 0.3 is 0 Å². The van der Waals surface area contributed by atoms with E-state index in [9.17, 15) is 4.79 Å². The Balaban J connectivity index is 1.84. The van der Waals surface area contributed by atoms with Crippen molar-refractivity contribution < 1.29 is 19.2 Å². The number of likely N-dealkylation sites (N-methyl/N-ethyl adjacent to an activating group) is 1. The molecule has 3 rings (SSSR count). The van der Waals surface area contributed by atoms with Gasteiger partial charge in [0.25, 0.3) is 5.91 Å². The van der Waals surface area contributed by atoms with Gasteiger partial charge in [0.1, 0.15) is 11.5 Å². The van der Waals surface area contributed by atoms with Gasteiger partial charge in [0.05, 0.1) is 51.1 Å². The van der Waals surface area contributed by atoms with Crippen LogP contribution in [0, 0.1) is 0 Å². The highest BCUT2D eigenvalue weighted by Gasteiger charge is 2.22. The van der Waals surface area contributed by atoms with Crippen molar-refractivity contribution in [2.24, 2.45) is 0 Å². The number of carbonyl (C=O) groups excluding carboxylic acids is 1. The van der Waals surface area contributed by atoms with Gasteiger partial charge in [-0.1, -0.05) is 24.7 Å². The summed E-state index contributed by atoms with van der Waals surface area (Å²) in [6.45, 7) is 4.24. The molecule has 0 aliphatic carbocycles. The number of methoxy groups -OCH3 is 1. The maximum atomic E-state index is 13.3. The number of nitrogens with zero attached hydrogens (tertiary/aromatic N) is 2. The number of amides is 1. The SMILES string of the molecule is CCCCOc1ccc(C(=O)N(CC[NH+](C)C)c2nc3cc(OC)ccc3s2)cc1. The highest BCUT2D eigenvalue weighted by molar-refractivity contribution is 7.22. The first-order chi connectivity index (χ1) is 14.5. The number of unbranched alkanes of at least 4 members (excludes halogenated alkanes) is 1. The van der Waals surface area contributed by atoms with Crippen LogP contribution in [0.15, 0.2) is 42.5 Å². The van der Waals surface area contributed by atoms with E-state index in [2.05, 4.69) is 21.0 Å². The molecule has 0 aliphatic rings. The summed E-state index contributed by atoms with van der Waals surface area (Å²) < 4.78 is 12.0. The summed E-state index contributed by atoms with van der Waals surface area (Å²) in [5, 5.41) is 0.702. The van der Waals surface area contributed by atoms with Crippen molar-refractivity contribution in [1.82, 2.24) is 4.98 Å². The number of benzene rings is 2. The van der Waals surface area contributed by atoms with Gasteiger partial charge in [0, 0.05) is 11.6 Å². The molecule has 0 aliphatic heterocycles. The predicted molar refractivity (Wildman–Crippen MR) is 122 cm³/mol. The lowest BCUT2D eigenvalue weighted by Crippen LogP contribution is -3.06. The average molecular weight is 429 g/mol. The van der Waals surface area contributed by atoms with E-state index in [0.29, 0.717) is 23.8 Å². The highest BCUT2D eigenvalue weighted by Crippen LogP contribution is 2.32. The second-order valence-electron chi connectivity index (χ2n) is 7.47. The van der Waals surface area contributed by atoms with E-state index in [1.54, 1.807) is 12.0 Å². The minimum Gasteiger partial charge on any atom is -0.497 e. The normalized spacial score (nSPS) is 11.1. The third kappa shape index (κ3) is 5.49. The van der Waals surface area contributed by atoms with Gasteiger partial charge < -0.3 is 14.4 Å². The van der Waals surface area contributed by atoms with Gasteiger partial charge in [-0.25, -0.2) is 4.98 Å². The van der Waals surface area contributed by atoms with Crippen molar-refractivity contribution in [3.05, 3.63) is 48.0 Å². The molecule has 2 aromatic carbocycles. The number of anilines is 1. The van der Waals surface area contributed by atoms with Crippen LogP contribution in [0.5, 0.6) is 11.5 Å². The van der Waals surface area contributed by atoms with Crippen LogP contribution in [0.4, 0.5) is 5.13 Å². The molecule has 0 atom stereocenters. The van der Waals surface area contributed by atoms with Gasteiger partial charge in [-0.05, 0) is 42.8 Å². The molecule has 1 amide bonds. The van der Waals surface area contributed by atoms with Crippen molar-refractivity contribution >= 4 is 32.6 Å². The van der Waals surface area contributed by atoms with Crippen LogP contribution in [0.2, 0.25) is 0 Å². The van der Waals surface area contributed by atoms with Crippen molar-refractivity contribution in [1.29, 1.82) is 0 Å². The Bertz CT molecular complexity index is 969. The first kappa shape index (κ1) is 22.1. The number of aromatic nitrogens is 1. The monoisotopic (exact) mass is 428 g/mol. The van der Waals surface area contributed by atoms with Crippen LogP contribution in [-0.2, 0) is 0 Å². The van der Waals surface area contributed by atoms with E-state index in [4.69, 9.17) is 14.5 Å². The summed E-state index contributed by atoms with van der Waals surface area (Å²) in [7, 11) is 5.79. The zero-order chi connectivity index (χ0) is 21.5. The van der Waals surface area contributed by atoms with Crippen LogP contribution in [0.1, 0.15) is 30.1 Å². The van der Waals surface area contributed by atoms with Crippen molar-refractivity contribution in [3.8, 4) is 11.5 Å². The molecule has 6 nitrogen and oxygen atoms in total. The molecule has 0 bridgehead atoms. The van der Waals surface area contributed by atoms with Gasteiger partial charge in [0.2, 0.25) is 0 Å². The molecule has 1 aromatic heterocycles. The number of carbonyl (C=O) groups is 1. The lowest BCUT2D eigenvalue weighted by atomic mass is 10.2. The second-order valence-corrected chi connectivity index (χ2v) is 8.48. The Morgan fingerprint density at radius 3 is 2.53 bits per heavy atom. The van der Waals surface area contributed by atoms with Gasteiger partial charge in [-0.15, -0.1) is 0 Å². The number of nitrogens with one attached hydrogen (secondary N) is 1. The van der Waals surface area contributed by atoms with Gasteiger partial charge in [0.15, 0.2) is 5.13 Å². The first-order valence-corrected chi connectivity index (χ1v) is 11.1. The number of rotatable bonds is 10. The largest absolute Gasteiger partial charge is 0.497 e. The molecule has 3 aromatic rings. The first-order valence-electron chi connectivity index (χ1n) is 10.3. The lowest BCUT2D eigenvalue weighted by molar-refractivity contribution is -0.856. The second kappa shape index (κ2) is 10.4. The average Bonchev–Trinajstić information content (AvgIpc) is 3.17. The molecular formula is C23H30N3O3S+. The van der Waals surface area contributed by atoms with Crippen LogP contribution in [0.25, 0.3) is 10.2 Å². The molecular weight excluding hydrogens is 398 g/mol. The fourth-order valence-electron chi connectivity index (χ4n) is 2.94. The van der Waals surface area contributed by atoms with Crippen LogP contribution < -0.4 is 19.3 Å². The van der Waals surface area contributed by atoms with Crippen molar-refractivity contribution in [3.63, 3.8) is 0 Å². The fraction of sp³-hybridized carbons (Fsp3) is 0.391. The number of hydrogen-bond acceptors (Lipinski definition) is 5. The van der Waals surface area contributed by atoms with E-state index < -0.39 is 0 Å². The summed E-state index contributed by atoms with van der Waals surface area (Å²) >= 11 is 1.52. The molecule has 0 fully saturated rings. The molecule has 0 radical (unpaired) electrons. The molecule has 0 saturated heterocycles.